The highest BCUT2D eigenvalue weighted by Crippen LogP contribution is 2.48. The summed E-state index contributed by atoms with van der Waals surface area (Å²) in [6.45, 7) is 0.519. The van der Waals surface area contributed by atoms with Gasteiger partial charge in [0.05, 0.1) is 6.54 Å². The van der Waals surface area contributed by atoms with Crippen molar-refractivity contribution < 1.29 is 8.78 Å². The molecule has 0 aromatic heterocycles. The summed E-state index contributed by atoms with van der Waals surface area (Å²) in [5.74, 6) is -0.499. The molecule has 0 radical (unpaired) electrons. The molecule has 0 heterocycles. The third kappa shape index (κ3) is 3.33. The molecule has 2 fully saturated rings. The fourth-order valence-electron chi connectivity index (χ4n) is 2.95. The lowest BCUT2D eigenvalue weighted by atomic mass is 9.98. The van der Waals surface area contributed by atoms with E-state index >= 15 is 0 Å². The lowest BCUT2D eigenvalue weighted by Crippen LogP contribution is -2.35. The van der Waals surface area contributed by atoms with Crippen molar-refractivity contribution in [2.24, 2.45) is 17.8 Å². The minimum atomic E-state index is -2.76. The molecule has 104 valence electrons. The minimum Gasteiger partial charge on any atom is -0.311 e. The summed E-state index contributed by atoms with van der Waals surface area (Å²) in [4.78, 5) is 0. The Balaban J connectivity index is 1.50. The maximum Gasteiger partial charge on any atom is 0.285 e. The molecule has 3 rings (SSSR count). The molecule has 3 heteroatoms. The summed E-state index contributed by atoms with van der Waals surface area (Å²) in [7, 11) is 0. The molecule has 0 atom stereocenters. The van der Waals surface area contributed by atoms with Gasteiger partial charge in [0.25, 0.3) is 5.92 Å². The molecule has 0 bridgehead atoms. The van der Waals surface area contributed by atoms with Crippen LogP contribution in [0, 0.1) is 17.8 Å². The van der Waals surface area contributed by atoms with Gasteiger partial charge in [0.1, 0.15) is 0 Å². The van der Waals surface area contributed by atoms with Gasteiger partial charge in [-0.25, -0.2) is 0 Å². The molecule has 2 saturated carbocycles. The maximum atomic E-state index is 14.0. The van der Waals surface area contributed by atoms with Gasteiger partial charge in [-0.15, -0.1) is 0 Å². The molecule has 1 aromatic rings. The molecule has 0 unspecified atom stereocenters. The van der Waals surface area contributed by atoms with Crippen molar-refractivity contribution in [1.29, 1.82) is 0 Å². The highest BCUT2D eigenvalue weighted by atomic mass is 19.3. The number of nitrogens with one attached hydrogen (secondary N) is 1. The summed E-state index contributed by atoms with van der Waals surface area (Å²) in [5.41, 5.74) is 0.108. The van der Waals surface area contributed by atoms with Crippen LogP contribution < -0.4 is 5.32 Å². The number of hydrogen-bond donors (Lipinski definition) is 1. The molecular weight excluding hydrogens is 244 g/mol. The van der Waals surface area contributed by atoms with Crippen LogP contribution >= 0.6 is 0 Å². The third-order valence-corrected chi connectivity index (χ3v) is 4.38. The monoisotopic (exact) mass is 265 g/mol. The van der Waals surface area contributed by atoms with Crippen molar-refractivity contribution in [3.8, 4) is 0 Å². The second kappa shape index (κ2) is 5.20. The van der Waals surface area contributed by atoms with E-state index < -0.39 is 5.92 Å². The molecule has 0 aliphatic heterocycles. The van der Waals surface area contributed by atoms with E-state index in [2.05, 4.69) is 5.32 Å². The van der Waals surface area contributed by atoms with Gasteiger partial charge in [-0.3, -0.25) is 0 Å². The first-order valence-electron chi connectivity index (χ1n) is 7.31. The number of halogens is 2. The van der Waals surface area contributed by atoms with Gasteiger partial charge in [-0.05, 0) is 50.0 Å². The summed E-state index contributed by atoms with van der Waals surface area (Å²) in [6, 6.07) is 8.10. The zero-order chi connectivity index (χ0) is 13.3. The summed E-state index contributed by atoms with van der Waals surface area (Å²) in [5, 5.41) is 3.02. The van der Waals surface area contributed by atoms with Crippen molar-refractivity contribution >= 4 is 0 Å². The topological polar surface area (TPSA) is 12.0 Å². The zero-order valence-electron chi connectivity index (χ0n) is 11.1. The molecule has 0 saturated heterocycles. The van der Waals surface area contributed by atoms with Crippen molar-refractivity contribution in [3.63, 3.8) is 0 Å². The second-order valence-electron chi connectivity index (χ2n) is 6.04. The smallest absolute Gasteiger partial charge is 0.285 e. The molecular formula is C16H21F2N. The first-order chi connectivity index (χ1) is 9.17. The Morgan fingerprint density at radius 2 is 1.63 bits per heavy atom. The third-order valence-electron chi connectivity index (χ3n) is 4.38. The normalized spacial score (nSPS) is 19.9. The molecule has 2 aliphatic carbocycles. The van der Waals surface area contributed by atoms with Crippen LogP contribution in [0.5, 0.6) is 0 Å². The van der Waals surface area contributed by atoms with Crippen LogP contribution in [0.15, 0.2) is 30.3 Å². The Bertz CT molecular complexity index is 398. The SMILES string of the molecule is FC(F)(CNCC(C1CC1)C1CC1)c1ccccc1. The van der Waals surface area contributed by atoms with E-state index in [1.165, 1.54) is 37.8 Å². The Morgan fingerprint density at radius 1 is 1.05 bits per heavy atom. The molecule has 0 spiro atoms. The van der Waals surface area contributed by atoms with Gasteiger partial charge in [0.15, 0.2) is 0 Å². The molecule has 19 heavy (non-hydrogen) atoms. The van der Waals surface area contributed by atoms with Crippen molar-refractivity contribution in [1.82, 2.24) is 5.32 Å². The average Bonchev–Trinajstić information content (AvgIpc) is 3.29. The van der Waals surface area contributed by atoms with Crippen LogP contribution in [0.1, 0.15) is 31.2 Å². The fraction of sp³-hybridized carbons (Fsp3) is 0.625. The van der Waals surface area contributed by atoms with E-state index in [9.17, 15) is 8.78 Å². The van der Waals surface area contributed by atoms with Crippen molar-refractivity contribution in [2.45, 2.75) is 31.6 Å². The van der Waals surface area contributed by atoms with E-state index in [-0.39, 0.29) is 12.1 Å². The summed E-state index contributed by atoms with van der Waals surface area (Å²) in [6.07, 6.45) is 5.21. The zero-order valence-corrected chi connectivity index (χ0v) is 11.1. The fourth-order valence-corrected chi connectivity index (χ4v) is 2.95. The van der Waals surface area contributed by atoms with Crippen molar-refractivity contribution in [2.75, 3.05) is 13.1 Å². The average molecular weight is 265 g/mol. The van der Waals surface area contributed by atoms with Crippen LogP contribution in [-0.4, -0.2) is 13.1 Å². The van der Waals surface area contributed by atoms with E-state index in [4.69, 9.17) is 0 Å². The predicted octanol–water partition coefficient (Wildman–Crippen LogP) is 3.80. The van der Waals surface area contributed by atoms with E-state index in [1.54, 1.807) is 18.2 Å². The van der Waals surface area contributed by atoms with Gasteiger partial charge in [0, 0.05) is 5.56 Å². The molecule has 1 nitrogen and oxygen atoms in total. The van der Waals surface area contributed by atoms with Gasteiger partial charge in [-0.1, -0.05) is 30.3 Å². The summed E-state index contributed by atoms with van der Waals surface area (Å²) < 4.78 is 28.0. The Hall–Kier alpha value is -0.960. The van der Waals surface area contributed by atoms with Crippen LogP contribution in [0.2, 0.25) is 0 Å². The van der Waals surface area contributed by atoms with Gasteiger partial charge in [0.2, 0.25) is 0 Å². The number of rotatable bonds is 7. The van der Waals surface area contributed by atoms with Crippen LogP contribution in [-0.2, 0) is 5.92 Å². The molecule has 1 N–H and O–H groups in total. The van der Waals surface area contributed by atoms with E-state index in [0.29, 0.717) is 5.92 Å². The summed E-state index contributed by atoms with van der Waals surface area (Å²) >= 11 is 0. The van der Waals surface area contributed by atoms with Gasteiger partial charge >= 0.3 is 0 Å². The Kier molecular flexibility index (Phi) is 3.57. The van der Waals surface area contributed by atoms with E-state index in [0.717, 1.165) is 18.4 Å². The second-order valence-corrected chi connectivity index (χ2v) is 6.04. The van der Waals surface area contributed by atoms with Crippen molar-refractivity contribution in [3.05, 3.63) is 35.9 Å². The highest BCUT2D eigenvalue weighted by molar-refractivity contribution is 5.20. The Labute approximate surface area is 113 Å². The molecule has 2 aliphatic rings. The van der Waals surface area contributed by atoms with Crippen LogP contribution in [0.25, 0.3) is 0 Å². The standard InChI is InChI=1S/C16H21F2N/c17-16(18,14-4-2-1-3-5-14)11-19-10-15(12-6-7-12)13-8-9-13/h1-5,12-13,15,19H,6-11H2. The number of alkyl halides is 2. The Morgan fingerprint density at radius 3 is 2.16 bits per heavy atom. The van der Waals surface area contributed by atoms with E-state index in [1.807, 2.05) is 0 Å². The first-order valence-corrected chi connectivity index (χ1v) is 7.31. The molecule has 1 aromatic carbocycles. The van der Waals surface area contributed by atoms with Gasteiger partial charge in [-0.2, -0.15) is 8.78 Å². The minimum absolute atomic E-state index is 0.108. The van der Waals surface area contributed by atoms with Gasteiger partial charge < -0.3 is 5.32 Å². The highest BCUT2D eigenvalue weighted by Gasteiger charge is 2.41. The maximum absolute atomic E-state index is 14.0. The molecule has 0 amide bonds. The quantitative estimate of drug-likeness (QED) is 0.790. The number of hydrogen-bond acceptors (Lipinski definition) is 1. The lowest BCUT2D eigenvalue weighted by Gasteiger charge is -2.21. The van der Waals surface area contributed by atoms with Crippen LogP contribution in [0.3, 0.4) is 0 Å². The first kappa shape index (κ1) is 13.0. The van der Waals surface area contributed by atoms with Crippen LogP contribution in [0.4, 0.5) is 8.78 Å². The largest absolute Gasteiger partial charge is 0.311 e. The lowest BCUT2D eigenvalue weighted by molar-refractivity contribution is -0.00423. The number of benzene rings is 1. The predicted molar refractivity (Wildman–Crippen MR) is 72.1 cm³/mol.